The molecule has 33 heavy (non-hydrogen) atoms. The molecule has 0 aliphatic carbocycles. The highest BCUT2D eigenvalue weighted by Crippen LogP contribution is 2.53. The number of benzene rings is 3. The summed E-state index contributed by atoms with van der Waals surface area (Å²) in [6, 6.07) is 23.1. The van der Waals surface area contributed by atoms with Crippen LogP contribution in [-0.2, 0) is 21.7 Å². The van der Waals surface area contributed by atoms with Gasteiger partial charge in [-0.15, -0.1) is 0 Å². The van der Waals surface area contributed by atoms with Gasteiger partial charge in [0.2, 0.25) is 11.8 Å². The number of nitrogens with zero attached hydrogens (tertiary/aromatic N) is 2. The van der Waals surface area contributed by atoms with Crippen LogP contribution in [0.15, 0.2) is 66.7 Å². The van der Waals surface area contributed by atoms with E-state index in [-0.39, 0.29) is 17.9 Å². The molecule has 1 spiro atoms. The predicted octanol–water partition coefficient (Wildman–Crippen LogP) is 2.94. The van der Waals surface area contributed by atoms with Gasteiger partial charge in [-0.05, 0) is 34.9 Å². The average Bonchev–Trinajstić information content (AvgIpc) is 3.34. The Bertz CT molecular complexity index is 1260. The summed E-state index contributed by atoms with van der Waals surface area (Å²) in [6.07, 6.45) is 0.676. The summed E-state index contributed by atoms with van der Waals surface area (Å²) in [5.41, 5.74) is 2.14. The van der Waals surface area contributed by atoms with E-state index in [1.165, 1.54) is 16.3 Å². The van der Waals surface area contributed by atoms with Crippen molar-refractivity contribution in [2.24, 2.45) is 5.92 Å². The fourth-order valence-electron chi connectivity index (χ4n) is 6.33. The van der Waals surface area contributed by atoms with Crippen molar-refractivity contribution in [3.63, 3.8) is 0 Å². The molecular formula is C27H28N4O2. The van der Waals surface area contributed by atoms with Gasteiger partial charge in [-0.1, -0.05) is 54.6 Å². The highest BCUT2D eigenvalue weighted by atomic mass is 16.2. The Morgan fingerprint density at radius 2 is 1.85 bits per heavy atom. The molecule has 6 heteroatoms. The van der Waals surface area contributed by atoms with Crippen LogP contribution in [0, 0.1) is 5.92 Å². The van der Waals surface area contributed by atoms with Crippen LogP contribution in [-0.4, -0.2) is 54.3 Å². The van der Waals surface area contributed by atoms with Crippen molar-refractivity contribution in [2.75, 3.05) is 32.0 Å². The van der Waals surface area contributed by atoms with Crippen molar-refractivity contribution < 1.29 is 9.59 Å². The van der Waals surface area contributed by atoms with Crippen LogP contribution in [0.25, 0.3) is 10.8 Å². The van der Waals surface area contributed by atoms with Crippen LogP contribution in [0.1, 0.15) is 17.5 Å². The van der Waals surface area contributed by atoms with E-state index in [9.17, 15) is 9.59 Å². The molecule has 3 atom stereocenters. The zero-order valence-electron chi connectivity index (χ0n) is 18.8. The number of para-hydroxylation sites is 1. The predicted molar refractivity (Wildman–Crippen MR) is 129 cm³/mol. The Hall–Kier alpha value is -3.22. The second kappa shape index (κ2) is 7.68. The van der Waals surface area contributed by atoms with E-state index < -0.39 is 11.5 Å². The molecule has 3 aromatic carbocycles. The number of hydrogen-bond donors (Lipinski definition) is 2. The van der Waals surface area contributed by atoms with Gasteiger partial charge in [-0.2, -0.15) is 0 Å². The number of anilines is 1. The van der Waals surface area contributed by atoms with Gasteiger partial charge in [-0.3, -0.25) is 19.4 Å². The fourth-order valence-corrected chi connectivity index (χ4v) is 6.33. The quantitative estimate of drug-likeness (QED) is 0.657. The number of amides is 2. The monoisotopic (exact) mass is 440 g/mol. The third-order valence-corrected chi connectivity index (χ3v) is 7.75. The average molecular weight is 441 g/mol. The minimum absolute atomic E-state index is 0.0580. The molecule has 2 saturated heterocycles. The molecule has 3 aliphatic rings. The highest BCUT2D eigenvalue weighted by molar-refractivity contribution is 6.09. The molecule has 6 nitrogen and oxygen atoms in total. The first-order valence-electron chi connectivity index (χ1n) is 11.7. The van der Waals surface area contributed by atoms with E-state index in [4.69, 9.17) is 0 Å². The maximum Gasteiger partial charge on any atom is 0.250 e. The van der Waals surface area contributed by atoms with Crippen LogP contribution in [0.3, 0.4) is 0 Å². The maximum atomic E-state index is 13.5. The molecule has 3 heterocycles. The minimum atomic E-state index is -0.920. The summed E-state index contributed by atoms with van der Waals surface area (Å²) in [6.45, 7) is 3.33. The Balaban J connectivity index is 1.30. The number of nitrogens with one attached hydrogen (secondary N) is 2. The molecule has 2 amide bonds. The first-order valence-corrected chi connectivity index (χ1v) is 11.7. The van der Waals surface area contributed by atoms with E-state index in [0.29, 0.717) is 6.42 Å². The number of carbonyl (C=O) groups is 2. The topological polar surface area (TPSA) is 64.7 Å². The largest absolute Gasteiger partial charge is 0.359 e. The van der Waals surface area contributed by atoms with Crippen molar-refractivity contribution in [1.29, 1.82) is 0 Å². The lowest BCUT2D eigenvalue weighted by Gasteiger charge is -2.44. The molecule has 0 radical (unpaired) electrons. The molecule has 3 aliphatic heterocycles. The smallest absolute Gasteiger partial charge is 0.250 e. The second-order valence-corrected chi connectivity index (χ2v) is 9.43. The minimum Gasteiger partial charge on any atom is -0.359 e. The molecule has 0 bridgehead atoms. The first-order chi connectivity index (χ1) is 16.1. The zero-order valence-corrected chi connectivity index (χ0v) is 18.8. The second-order valence-electron chi connectivity index (χ2n) is 9.43. The molecule has 168 valence electrons. The standard InChI is InChI=1S/C27H28N4O2/c1-28-25(32)23-15-21-17-30(16-18-10-11-19-6-2-3-7-20(19)14-18)12-13-31(21)27(23)22-8-4-5-9-24(22)29-26(27)33/h2-11,14,21,23H,12-13,15-17H2,1H3,(H,28,32)(H,29,33)/t21-,23+,27-/m1/s1. The Kier molecular flexibility index (Phi) is 4.75. The summed E-state index contributed by atoms with van der Waals surface area (Å²) in [7, 11) is 1.66. The lowest BCUT2D eigenvalue weighted by atomic mass is 9.78. The number of hydrogen-bond acceptors (Lipinski definition) is 4. The van der Waals surface area contributed by atoms with Gasteiger partial charge in [0.05, 0.1) is 5.92 Å². The summed E-state index contributed by atoms with van der Waals surface area (Å²) >= 11 is 0. The number of carbonyl (C=O) groups excluding carboxylic acids is 2. The summed E-state index contributed by atoms with van der Waals surface area (Å²) in [5.74, 6) is -0.531. The maximum absolute atomic E-state index is 13.5. The van der Waals surface area contributed by atoms with Crippen LogP contribution in [0.5, 0.6) is 0 Å². The van der Waals surface area contributed by atoms with Gasteiger partial charge >= 0.3 is 0 Å². The molecule has 0 aromatic heterocycles. The molecule has 0 saturated carbocycles. The number of fused-ring (bicyclic) bond motifs is 5. The van der Waals surface area contributed by atoms with Crippen LogP contribution in [0.2, 0.25) is 0 Å². The van der Waals surface area contributed by atoms with E-state index in [1.54, 1.807) is 7.05 Å². The van der Waals surface area contributed by atoms with Crippen LogP contribution in [0.4, 0.5) is 5.69 Å². The summed E-state index contributed by atoms with van der Waals surface area (Å²) in [5, 5.41) is 8.40. The summed E-state index contributed by atoms with van der Waals surface area (Å²) in [4.78, 5) is 31.3. The summed E-state index contributed by atoms with van der Waals surface area (Å²) < 4.78 is 0. The first kappa shape index (κ1) is 20.4. The highest BCUT2D eigenvalue weighted by Gasteiger charge is 2.65. The molecule has 2 N–H and O–H groups in total. The lowest BCUT2D eigenvalue weighted by Crippen LogP contribution is -2.60. The van der Waals surface area contributed by atoms with Gasteiger partial charge in [0.25, 0.3) is 0 Å². The van der Waals surface area contributed by atoms with E-state index in [2.05, 4.69) is 62.9 Å². The van der Waals surface area contributed by atoms with Gasteiger partial charge in [0.1, 0.15) is 5.54 Å². The zero-order chi connectivity index (χ0) is 22.6. The van der Waals surface area contributed by atoms with Crippen molar-refractivity contribution in [3.05, 3.63) is 77.9 Å². The molecule has 2 fully saturated rings. The number of piperazine rings is 1. The van der Waals surface area contributed by atoms with E-state index in [1.807, 2.05) is 24.3 Å². The Morgan fingerprint density at radius 3 is 2.70 bits per heavy atom. The molecule has 0 unspecified atom stereocenters. The van der Waals surface area contributed by atoms with E-state index >= 15 is 0 Å². The fraction of sp³-hybridized carbons (Fsp3) is 0.333. The number of rotatable bonds is 3. The lowest BCUT2D eigenvalue weighted by molar-refractivity contribution is -0.138. The van der Waals surface area contributed by atoms with Crippen LogP contribution < -0.4 is 10.6 Å². The SMILES string of the molecule is CNC(=O)[C@@H]1C[C@@H]2CN(Cc3ccc4ccccc4c3)CCN2[C@@]12C(=O)Nc1ccccc12. The Labute approximate surface area is 193 Å². The van der Waals surface area contributed by atoms with E-state index in [0.717, 1.165) is 37.4 Å². The molecule has 6 rings (SSSR count). The van der Waals surface area contributed by atoms with Crippen molar-refractivity contribution in [2.45, 2.75) is 24.5 Å². The van der Waals surface area contributed by atoms with Crippen molar-refractivity contribution in [3.8, 4) is 0 Å². The third kappa shape index (κ3) is 3.01. The Morgan fingerprint density at radius 1 is 1.06 bits per heavy atom. The molecule has 3 aromatic rings. The van der Waals surface area contributed by atoms with Gasteiger partial charge < -0.3 is 10.6 Å². The van der Waals surface area contributed by atoms with Crippen LogP contribution >= 0.6 is 0 Å². The van der Waals surface area contributed by atoms with Gasteiger partial charge in [-0.25, -0.2) is 0 Å². The third-order valence-electron chi connectivity index (χ3n) is 7.75. The molecular weight excluding hydrogens is 412 g/mol. The van der Waals surface area contributed by atoms with Crippen molar-refractivity contribution >= 4 is 28.3 Å². The van der Waals surface area contributed by atoms with Gasteiger partial charge in [0, 0.05) is 50.5 Å². The van der Waals surface area contributed by atoms with Gasteiger partial charge in [0.15, 0.2) is 0 Å². The van der Waals surface area contributed by atoms with Crippen molar-refractivity contribution in [1.82, 2.24) is 15.1 Å². The normalized spacial score (nSPS) is 26.9.